The first kappa shape index (κ1) is 24.6. The molecule has 0 radical (unpaired) electrons. The van der Waals surface area contributed by atoms with Gasteiger partial charge in [0.15, 0.2) is 5.03 Å². The molecule has 0 aliphatic heterocycles. The number of carbonyl (C=O) groups is 2. The summed E-state index contributed by atoms with van der Waals surface area (Å²) in [6.45, 7) is 1.80. The molecular formula is C23H22N2O8S. The minimum atomic E-state index is -4.19. The van der Waals surface area contributed by atoms with E-state index in [4.69, 9.17) is 4.74 Å². The maximum Gasteiger partial charge on any atom is 0.343 e. The molecular weight excluding hydrogens is 464 g/mol. The van der Waals surface area contributed by atoms with Crippen LogP contribution in [0.4, 0.5) is 0 Å². The van der Waals surface area contributed by atoms with Gasteiger partial charge in [-0.2, -0.15) is 0 Å². The number of benzene rings is 1. The molecule has 1 aromatic carbocycles. The van der Waals surface area contributed by atoms with Crippen LogP contribution >= 0.6 is 0 Å². The summed E-state index contributed by atoms with van der Waals surface area (Å²) >= 11 is 0. The van der Waals surface area contributed by atoms with Gasteiger partial charge in [-0.05, 0) is 30.7 Å². The minimum absolute atomic E-state index is 0.0312. The molecule has 3 aromatic rings. The highest BCUT2D eigenvalue weighted by molar-refractivity contribution is 7.91. The zero-order valence-electron chi connectivity index (χ0n) is 18.6. The van der Waals surface area contributed by atoms with Gasteiger partial charge in [0.1, 0.15) is 11.3 Å². The topological polar surface area (TPSA) is 153 Å². The Morgan fingerprint density at radius 3 is 2.41 bits per heavy atom. The molecule has 0 aliphatic rings. The van der Waals surface area contributed by atoms with Crippen LogP contribution in [-0.2, 0) is 24.1 Å². The number of H-pyrrole nitrogens is 1. The van der Waals surface area contributed by atoms with Crippen LogP contribution in [-0.4, -0.2) is 49.7 Å². The van der Waals surface area contributed by atoms with Gasteiger partial charge in [-0.15, -0.1) is 0 Å². The van der Waals surface area contributed by atoms with Crippen molar-refractivity contribution < 1.29 is 32.6 Å². The van der Waals surface area contributed by atoms with Gasteiger partial charge in [0.25, 0.3) is 5.56 Å². The van der Waals surface area contributed by atoms with Crippen LogP contribution in [0.15, 0.2) is 63.5 Å². The molecule has 11 heteroatoms. The first-order valence-electron chi connectivity index (χ1n) is 9.98. The standard InChI is InChI=1S/C23H22N2O8S/c1-13-6-8-14(9-7-13)34(30,31)22-15(5-4-10-24-22)16(11-18(26)32-2)19-20(27)17(23(29)33-3)12-25-21(19)28/h4-10,12,16H,11H2,1-3H3,(H2,25,27,28). The molecule has 0 saturated heterocycles. The Morgan fingerprint density at radius 2 is 1.79 bits per heavy atom. The fourth-order valence-corrected chi connectivity index (χ4v) is 4.90. The van der Waals surface area contributed by atoms with E-state index >= 15 is 0 Å². The second kappa shape index (κ2) is 9.87. The van der Waals surface area contributed by atoms with Crippen molar-refractivity contribution in [3.63, 3.8) is 0 Å². The Morgan fingerprint density at radius 1 is 1.12 bits per heavy atom. The molecule has 0 spiro atoms. The largest absolute Gasteiger partial charge is 0.506 e. The summed E-state index contributed by atoms with van der Waals surface area (Å²) in [4.78, 5) is 43.4. The first-order chi connectivity index (χ1) is 16.1. The zero-order valence-corrected chi connectivity index (χ0v) is 19.4. The van der Waals surface area contributed by atoms with Gasteiger partial charge >= 0.3 is 11.9 Å². The van der Waals surface area contributed by atoms with Crippen LogP contribution in [0.3, 0.4) is 0 Å². The van der Waals surface area contributed by atoms with Crippen LogP contribution in [0.5, 0.6) is 5.75 Å². The quantitative estimate of drug-likeness (QED) is 0.478. The number of hydrogen-bond acceptors (Lipinski definition) is 9. The van der Waals surface area contributed by atoms with E-state index in [0.717, 1.165) is 26.0 Å². The van der Waals surface area contributed by atoms with Crippen LogP contribution in [0.1, 0.15) is 39.4 Å². The number of aromatic amines is 1. The molecule has 0 aliphatic carbocycles. The Labute approximate surface area is 195 Å². The second-order valence-electron chi connectivity index (χ2n) is 7.33. The predicted octanol–water partition coefficient (Wildman–Crippen LogP) is 2.10. The van der Waals surface area contributed by atoms with E-state index in [0.29, 0.717) is 0 Å². The lowest BCUT2D eigenvalue weighted by molar-refractivity contribution is -0.140. The van der Waals surface area contributed by atoms with E-state index < -0.39 is 56.0 Å². The number of sulfone groups is 1. The molecule has 0 amide bonds. The van der Waals surface area contributed by atoms with Crippen molar-refractivity contribution in [3.8, 4) is 5.75 Å². The van der Waals surface area contributed by atoms with Crippen LogP contribution in [0.2, 0.25) is 0 Å². The number of pyridine rings is 2. The van der Waals surface area contributed by atoms with Gasteiger partial charge in [-0.25, -0.2) is 18.2 Å². The molecule has 178 valence electrons. The number of rotatable bonds is 7. The molecule has 1 atom stereocenters. The average molecular weight is 487 g/mol. The number of ether oxygens (including phenoxy) is 2. The molecule has 1 unspecified atom stereocenters. The third kappa shape index (κ3) is 4.69. The van der Waals surface area contributed by atoms with Gasteiger partial charge < -0.3 is 19.6 Å². The number of nitrogens with one attached hydrogen (secondary N) is 1. The molecule has 3 rings (SSSR count). The monoisotopic (exact) mass is 486 g/mol. The summed E-state index contributed by atoms with van der Waals surface area (Å²) < 4.78 is 36.2. The molecule has 0 bridgehead atoms. The number of esters is 2. The van der Waals surface area contributed by atoms with Gasteiger partial charge in [-0.3, -0.25) is 9.59 Å². The van der Waals surface area contributed by atoms with Crippen molar-refractivity contribution in [2.24, 2.45) is 0 Å². The van der Waals surface area contributed by atoms with Gasteiger partial charge in [0, 0.05) is 18.3 Å². The van der Waals surface area contributed by atoms with Crippen LogP contribution < -0.4 is 5.56 Å². The molecule has 2 heterocycles. The van der Waals surface area contributed by atoms with E-state index in [1.807, 2.05) is 0 Å². The lowest BCUT2D eigenvalue weighted by Crippen LogP contribution is -2.23. The van der Waals surface area contributed by atoms with Crippen LogP contribution in [0, 0.1) is 6.92 Å². The minimum Gasteiger partial charge on any atom is -0.506 e. The Hall–Kier alpha value is -3.99. The zero-order chi connectivity index (χ0) is 25.0. The van der Waals surface area contributed by atoms with Crippen molar-refractivity contribution in [2.75, 3.05) is 14.2 Å². The number of aryl methyl sites for hydroxylation is 1. The summed E-state index contributed by atoms with van der Waals surface area (Å²) in [5.41, 5.74) is -0.779. The number of nitrogens with zero attached hydrogens (tertiary/aromatic N) is 1. The molecule has 0 fully saturated rings. The number of carbonyl (C=O) groups excluding carboxylic acids is 2. The fraction of sp³-hybridized carbons (Fsp3) is 0.217. The van der Waals surface area contributed by atoms with E-state index in [9.17, 15) is 27.9 Å². The fourth-order valence-electron chi connectivity index (χ4n) is 3.46. The van der Waals surface area contributed by atoms with E-state index in [2.05, 4.69) is 14.7 Å². The second-order valence-corrected chi connectivity index (χ2v) is 9.20. The maximum atomic E-state index is 13.4. The third-order valence-electron chi connectivity index (χ3n) is 5.22. The smallest absolute Gasteiger partial charge is 0.343 e. The molecule has 0 saturated carbocycles. The number of aromatic hydroxyl groups is 1. The van der Waals surface area contributed by atoms with Crippen molar-refractivity contribution in [1.29, 1.82) is 0 Å². The Balaban J connectivity index is 2.30. The summed E-state index contributed by atoms with van der Waals surface area (Å²) in [5, 5.41) is 10.4. The van der Waals surface area contributed by atoms with Crippen molar-refractivity contribution in [2.45, 2.75) is 29.2 Å². The van der Waals surface area contributed by atoms with Gasteiger partial charge in [0.2, 0.25) is 9.84 Å². The highest BCUT2D eigenvalue weighted by Crippen LogP contribution is 2.37. The highest BCUT2D eigenvalue weighted by Gasteiger charge is 2.33. The normalized spacial score (nSPS) is 12.1. The SMILES string of the molecule is COC(=O)CC(c1cccnc1S(=O)(=O)c1ccc(C)cc1)c1c(O)c(C(=O)OC)c[nH]c1=O. The van der Waals surface area contributed by atoms with Crippen LogP contribution in [0.25, 0.3) is 0 Å². The maximum absolute atomic E-state index is 13.4. The molecule has 34 heavy (non-hydrogen) atoms. The molecule has 2 N–H and O–H groups in total. The highest BCUT2D eigenvalue weighted by atomic mass is 32.2. The Bertz CT molecular complexity index is 1400. The average Bonchev–Trinajstić information content (AvgIpc) is 2.83. The Kier molecular flexibility index (Phi) is 7.16. The molecule has 2 aromatic heterocycles. The number of hydrogen-bond donors (Lipinski definition) is 2. The summed E-state index contributed by atoms with van der Waals surface area (Å²) in [6, 6.07) is 8.89. The number of methoxy groups -OCH3 is 2. The predicted molar refractivity (Wildman–Crippen MR) is 119 cm³/mol. The van der Waals surface area contributed by atoms with Gasteiger partial charge in [0.05, 0.1) is 31.1 Å². The summed E-state index contributed by atoms with van der Waals surface area (Å²) in [7, 11) is -1.97. The van der Waals surface area contributed by atoms with Crippen molar-refractivity contribution in [3.05, 3.63) is 81.4 Å². The molecule has 10 nitrogen and oxygen atoms in total. The lowest BCUT2D eigenvalue weighted by atomic mass is 9.88. The van der Waals surface area contributed by atoms with Crippen molar-refractivity contribution in [1.82, 2.24) is 9.97 Å². The van der Waals surface area contributed by atoms with E-state index in [1.165, 1.54) is 30.5 Å². The van der Waals surface area contributed by atoms with E-state index in [1.54, 1.807) is 19.1 Å². The number of aromatic nitrogens is 2. The summed E-state index contributed by atoms with van der Waals surface area (Å²) in [6.07, 6.45) is 1.71. The van der Waals surface area contributed by atoms with Gasteiger partial charge in [-0.1, -0.05) is 23.8 Å². The van der Waals surface area contributed by atoms with E-state index in [-0.39, 0.29) is 16.0 Å². The third-order valence-corrected chi connectivity index (χ3v) is 6.96. The van der Waals surface area contributed by atoms with Crippen molar-refractivity contribution >= 4 is 21.8 Å². The lowest BCUT2D eigenvalue weighted by Gasteiger charge is -2.20. The summed E-state index contributed by atoms with van der Waals surface area (Å²) in [5.74, 6) is -3.78. The first-order valence-corrected chi connectivity index (χ1v) is 11.5.